The lowest BCUT2D eigenvalue weighted by Gasteiger charge is -2.28. The fourth-order valence-electron chi connectivity index (χ4n) is 4.76. The van der Waals surface area contributed by atoms with Crippen molar-refractivity contribution in [3.05, 3.63) is 47.5 Å². The Bertz CT molecular complexity index is 849. The molecule has 2 nitrogen and oxygen atoms in total. The topological polar surface area (TPSA) is 18.5 Å². The van der Waals surface area contributed by atoms with E-state index in [1.807, 2.05) is 0 Å². The number of benzene rings is 2. The molecule has 2 aromatic carbocycles. The van der Waals surface area contributed by atoms with Crippen molar-refractivity contribution in [3.63, 3.8) is 0 Å². The molecule has 0 aromatic heterocycles. The quantitative estimate of drug-likeness (QED) is 0.202. The van der Waals surface area contributed by atoms with Gasteiger partial charge in [0.1, 0.15) is 23.7 Å². The van der Waals surface area contributed by atoms with Crippen molar-refractivity contribution in [2.75, 3.05) is 12.3 Å². The normalized spacial score (nSPS) is 21.7. The largest absolute Gasteiger partial charge is 0.489 e. The number of ether oxygens (including phenoxy) is 2. The van der Waals surface area contributed by atoms with E-state index in [-0.39, 0.29) is 23.3 Å². The first-order valence-electron chi connectivity index (χ1n) is 12.5. The molecule has 4 rings (SSSR count). The second-order valence-electron chi connectivity index (χ2n) is 9.23. The van der Waals surface area contributed by atoms with Crippen molar-refractivity contribution in [1.82, 2.24) is 0 Å². The Labute approximate surface area is 228 Å². The molecule has 0 saturated carbocycles. The standard InChI is InChI=1S/C27H36I2O2P2/c1-3-5-16-32(28)24-14-7-10-20-18-23-13-9-12-22(30-26(20)24)19-21-11-8-15-25(27(21)31-23)33(29)17-6-4-2/h7-8,10-11,14-15,22-23H,3-6,9,12-13,16-19H2,1-2H3/t22-,23?,32?,33?/m1/s1. The Morgan fingerprint density at radius 2 is 1.21 bits per heavy atom. The smallest absolute Gasteiger partial charge is 0.131 e. The van der Waals surface area contributed by atoms with Crippen LogP contribution in [0.4, 0.5) is 0 Å². The summed E-state index contributed by atoms with van der Waals surface area (Å²) in [6.07, 6.45) is 13.4. The summed E-state index contributed by atoms with van der Waals surface area (Å²) in [5.41, 5.74) is 2.28. The van der Waals surface area contributed by atoms with Crippen molar-refractivity contribution in [1.29, 1.82) is 0 Å². The first-order valence-corrected chi connectivity index (χ1v) is 21.2. The minimum absolute atomic E-state index is 0.217. The molecule has 2 aliphatic heterocycles. The molecule has 0 aliphatic carbocycles. The van der Waals surface area contributed by atoms with E-state index in [2.05, 4.69) is 94.3 Å². The van der Waals surface area contributed by atoms with Crippen molar-refractivity contribution < 1.29 is 9.47 Å². The molecule has 2 heterocycles. The molecule has 2 aromatic rings. The van der Waals surface area contributed by atoms with Gasteiger partial charge >= 0.3 is 0 Å². The molecule has 0 fully saturated rings. The van der Waals surface area contributed by atoms with Crippen LogP contribution in [0.2, 0.25) is 0 Å². The second kappa shape index (κ2) is 13.1. The van der Waals surface area contributed by atoms with Gasteiger partial charge in [0.05, 0.1) is 0 Å². The van der Waals surface area contributed by atoms with Gasteiger partial charge < -0.3 is 9.47 Å². The number of hydrogen-bond acceptors (Lipinski definition) is 2. The number of fused-ring (bicyclic) bond motifs is 6. The summed E-state index contributed by atoms with van der Waals surface area (Å²) < 4.78 is 13.9. The van der Waals surface area contributed by atoms with Crippen molar-refractivity contribution in [2.24, 2.45) is 0 Å². The summed E-state index contributed by atoms with van der Waals surface area (Å²) in [5, 5.41) is 2.90. The first-order chi connectivity index (χ1) is 16.1. The van der Waals surface area contributed by atoms with Crippen LogP contribution in [0, 0.1) is 0 Å². The van der Waals surface area contributed by atoms with Crippen LogP contribution in [0.1, 0.15) is 69.9 Å². The van der Waals surface area contributed by atoms with Crippen molar-refractivity contribution in [2.45, 2.75) is 83.8 Å². The predicted molar refractivity (Wildman–Crippen MR) is 164 cm³/mol. The van der Waals surface area contributed by atoms with Crippen LogP contribution in [-0.2, 0) is 12.8 Å². The zero-order valence-corrected chi connectivity index (χ0v) is 26.0. The fourth-order valence-corrected chi connectivity index (χ4v) is 12.1. The Kier molecular flexibility index (Phi) is 10.5. The molecule has 0 amide bonds. The lowest BCUT2D eigenvalue weighted by Crippen LogP contribution is -2.27. The highest BCUT2D eigenvalue weighted by atomic mass is 127. The van der Waals surface area contributed by atoms with E-state index in [1.165, 1.54) is 77.7 Å². The SMILES string of the molecule is CCCCP(I)c1cccc2c1OC1CCC[C@H](C2)Oc2c(cccc2P(I)CCCC)C1. The molecular weight excluding hydrogens is 672 g/mol. The maximum Gasteiger partial charge on any atom is 0.131 e. The zero-order valence-electron chi connectivity index (χ0n) is 19.9. The average molecular weight is 708 g/mol. The van der Waals surface area contributed by atoms with Crippen molar-refractivity contribution in [3.8, 4) is 11.5 Å². The van der Waals surface area contributed by atoms with Gasteiger partial charge in [-0.25, -0.2) is 0 Å². The van der Waals surface area contributed by atoms with Gasteiger partial charge in [0.25, 0.3) is 0 Å². The van der Waals surface area contributed by atoms with Gasteiger partial charge in [-0.2, -0.15) is 0 Å². The van der Waals surface area contributed by atoms with Crippen LogP contribution in [0.3, 0.4) is 0 Å². The van der Waals surface area contributed by atoms with Gasteiger partial charge in [-0.05, 0) is 111 Å². The third kappa shape index (κ3) is 6.77. The summed E-state index contributed by atoms with van der Waals surface area (Å²) in [6, 6.07) is 13.7. The maximum absolute atomic E-state index is 6.95. The van der Waals surface area contributed by atoms with E-state index in [0.29, 0.717) is 0 Å². The van der Waals surface area contributed by atoms with Crippen LogP contribution >= 0.6 is 55.2 Å². The third-order valence-electron chi connectivity index (χ3n) is 6.61. The van der Waals surface area contributed by atoms with E-state index in [9.17, 15) is 0 Å². The molecule has 0 saturated heterocycles. The minimum Gasteiger partial charge on any atom is -0.489 e. The Balaban J connectivity index is 1.70. The van der Waals surface area contributed by atoms with Gasteiger partial charge in [0, 0.05) is 23.5 Å². The minimum atomic E-state index is -0.217. The summed E-state index contributed by atoms with van der Waals surface area (Å²) >= 11 is 5.39. The molecule has 6 heteroatoms. The van der Waals surface area contributed by atoms with Gasteiger partial charge in [-0.15, -0.1) is 0 Å². The summed E-state index contributed by atoms with van der Waals surface area (Å²) in [5.74, 6) is 2.38. The molecule has 4 atom stereocenters. The summed E-state index contributed by atoms with van der Waals surface area (Å²) in [4.78, 5) is 0. The molecule has 0 N–H and O–H groups in total. The predicted octanol–water partition coefficient (Wildman–Crippen LogP) is 8.68. The Morgan fingerprint density at radius 3 is 1.64 bits per heavy atom. The van der Waals surface area contributed by atoms with Crippen molar-refractivity contribution >= 4 is 65.8 Å². The van der Waals surface area contributed by atoms with Gasteiger partial charge in [-0.3, -0.25) is 0 Å². The monoisotopic (exact) mass is 708 g/mol. The number of hydrogen-bond donors (Lipinski definition) is 0. The molecule has 3 unspecified atom stereocenters. The molecule has 2 aliphatic rings. The molecule has 0 spiro atoms. The molecule has 2 bridgehead atoms. The summed E-state index contributed by atoms with van der Waals surface area (Å²) in [7, 11) is 0. The zero-order chi connectivity index (χ0) is 23.2. The highest BCUT2D eigenvalue weighted by molar-refractivity contribution is 14.2. The molecule has 33 heavy (non-hydrogen) atoms. The fraction of sp³-hybridized carbons (Fsp3) is 0.556. The number of rotatable bonds is 8. The van der Waals surface area contributed by atoms with E-state index >= 15 is 0 Å². The van der Waals surface area contributed by atoms with Crippen LogP contribution in [0.5, 0.6) is 11.5 Å². The van der Waals surface area contributed by atoms with E-state index in [4.69, 9.17) is 9.47 Å². The average Bonchev–Trinajstić information content (AvgIpc) is 2.96. The number of para-hydroxylation sites is 2. The van der Waals surface area contributed by atoms with Crippen LogP contribution < -0.4 is 20.1 Å². The van der Waals surface area contributed by atoms with Crippen LogP contribution in [-0.4, -0.2) is 24.5 Å². The molecular formula is C27H36I2O2P2. The molecule has 180 valence electrons. The number of unbranched alkanes of at least 4 members (excludes halogenated alkanes) is 2. The highest BCUT2D eigenvalue weighted by Crippen LogP contribution is 2.50. The lowest BCUT2D eigenvalue weighted by atomic mass is 10.0. The van der Waals surface area contributed by atoms with Gasteiger partial charge in [0.2, 0.25) is 0 Å². The third-order valence-corrected chi connectivity index (χ3v) is 15.8. The van der Waals surface area contributed by atoms with E-state index in [0.717, 1.165) is 25.7 Å². The van der Waals surface area contributed by atoms with E-state index in [1.54, 1.807) is 0 Å². The Hall–Kier alpha value is 0.360. The Morgan fingerprint density at radius 1 is 0.758 bits per heavy atom. The van der Waals surface area contributed by atoms with Gasteiger partial charge in [-0.1, -0.05) is 63.1 Å². The first kappa shape index (κ1) is 26.4. The molecule has 0 radical (unpaired) electrons. The highest BCUT2D eigenvalue weighted by Gasteiger charge is 2.29. The summed E-state index contributed by atoms with van der Waals surface area (Å²) in [6.45, 7) is 4.57. The lowest BCUT2D eigenvalue weighted by molar-refractivity contribution is 0.189. The van der Waals surface area contributed by atoms with Gasteiger partial charge in [0.15, 0.2) is 0 Å². The van der Waals surface area contributed by atoms with Crippen LogP contribution in [0.15, 0.2) is 36.4 Å². The van der Waals surface area contributed by atoms with Crippen LogP contribution in [0.25, 0.3) is 0 Å². The second-order valence-corrected chi connectivity index (χ2v) is 19.5. The van der Waals surface area contributed by atoms with E-state index < -0.39 is 0 Å². The maximum atomic E-state index is 6.95. The number of halogens is 2.